The highest BCUT2D eigenvalue weighted by atomic mass is 16.6. The Kier molecular flexibility index (Phi) is 6.40. The first-order valence-corrected chi connectivity index (χ1v) is 10.6. The van der Waals surface area contributed by atoms with Crippen molar-refractivity contribution in [2.75, 3.05) is 13.7 Å². The molecule has 0 aromatic heterocycles. The Morgan fingerprint density at radius 2 is 1.74 bits per heavy atom. The van der Waals surface area contributed by atoms with Gasteiger partial charge in [-0.15, -0.1) is 0 Å². The van der Waals surface area contributed by atoms with E-state index >= 15 is 0 Å². The first-order valence-electron chi connectivity index (χ1n) is 10.6. The molecule has 1 N–H and O–H groups in total. The number of methoxy groups -OCH3 is 1. The third kappa shape index (κ3) is 4.38. The average Bonchev–Trinajstić information content (AvgIpc) is 3.12. The van der Waals surface area contributed by atoms with Gasteiger partial charge >= 0.3 is 0 Å². The molecule has 1 heterocycles. The van der Waals surface area contributed by atoms with Crippen molar-refractivity contribution < 1.29 is 24.4 Å². The molecule has 0 saturated carbocycles. The molecule has 3 aromatic carbocycles. The number of hydrogen-bond donors (Lipinski definition) is 1. The molecule has 1 amide bonds. The number of carbonyl (C=O) groups excluding carboxylic acids is 2. The van der Waals surface area contributed by atoms with Crippen LogP contribution in [0.15, 0.2) is 84.4 Å². The molecule has 172 valence electrons. The summed E-state index contributed by atoms with van der Waals surface area (Å²) in [4.78, 5) is 38.1. The van der Waals surface area contributed by atoms with Crippen molar-refractivity contribution in [2.24, 2.45) is 0 Å². The summed E-state index contributed by atoms with van der Waals surface area (Å²) in [6.45, 7) is 0.227. The van der Waals surface area contributed by atoms with Crippen LogP contribution in [0.3, 0.4) is 0 Å². The summed E-state index contributed by atoms with van der Waals surface area (Å²) in [7, 11) is 1.48. The van der Waals surface area contributed by atoms with Crippen LogP contribution in [0.1, 0.15) is 22.7 Å². The van der Waals surface area contributed by atoms with E-state index in [9.17, 15) is 24.8 Å². The second-order valence-corrected chi connectivity index (χ2v) is 7.81. The number of carbonyl (C=O) groups is 2. The monoisotopic (exact) mass is 458 g/mol. The van der Waals surface area contributed by atoms with E-state index in [0.717, 1.165) is 5.56 Å². The molecule has 34 heavy (non-hydrogen) atoms. The highest BCUT2D eigenvalue weighted by Gasteiger charge is 2.45. The fraction of sp³-hybridized carbons (Fsp3) is 0.154. The van der Waals surface area contributed by atoms with E-state index in [4.69, 9.17) is 4.74 Å². The molecule has 0 bridgehead atoms. The quantitative estimate of drug-likeness (QED) is 0.186. The zero-order chi connectivity index (χ0) is 24.2. The van der Waals surface area contributed by atoms with Crippen LogP contribution in [0.5, 0.6) is 5.75 Å². The standard InChI is InChI=1S/C26H22N2O6/c1-34-21-9-5-8-19(16-21)24(29)22-23(18-10-12-20(13-11-18)28(32)33)27(26(31)25(22)30)15-14-17-6-3-2-4-7-17/h2-13,16,23,29H,14-15H2,1H3/b24-22+. The van der Waals surface area contributed by atoms with Gasteiger partial charge in [-0.05, 0) is 41.8 Å². The fourth-order valence-electron chi connectivity index (χ4n) is 4.06. The molecule has 1 saturated heterocycles. The number of rotatable bonds is 7. The van der Waals surface area contributed by atoms with Crippen LogP contribution in [0.2, 0.25) is 0 Å². The summed E-state index contributed by atoms with van der Waals surface area (Å²) in [5, 5.41) is 22.2. The molecule has 8 heteroatoms. The number of Topliss-reactive ketones (excluding diaryl/α,β-unsaturated/α-hetero) is 1. The van der Waals surface area contributed by atoms with Gasteiger partial charge in [0.05, 0.1) is 23.6 Å². The lowest BCUT2D eigenvalue weighted by atomic mass is 9.95. The normalized spacial score (nSPS) is 17.1. The number of nitro benzene ring substituents is 1. The van der Waals surface area contributed by atoms with Crippen molar-refractivity contribution >= 4 is 23.1 Å². The summed E-state index contributed by atoms with van der Waals surface area (Å²) < 4.78 is 5.21. The zero-order valence-corrected chi connectivity index (χ0v) is 18.4. The van der Waals surface area contributed by atoms with Gasteiger partial charge in [0.15, 0.2) is 0 Å². The number of ether oxygens (including phenoxy) is 1. The van der Waals surface area contributed by atoms with Gasteiger partial charge in [-0.25, -0.2) is 0 Å². The fourth-order valence-corrected chi connectivity index (χ4v) is 4.06. The topological polar surface area (TPSA) is 110 Å². The molecule has 4 rings (SSSR count). The van der Waals surface area contributed by atoms with Crippen molar-refractivity contribution in [2.45, 2.75) is 12.5 Å². The minimum absolute atomic E-state index is 0.0693. The van der Waals surface area contributed by atoms with E-state index in [-0.39, 0.29) is 23.6 Å². The number of non-ortho nitro benzene ring substituents is 1. The van der Waals surface area contributed by atoms with Crippen molar-refractivity contribution in [3.63, 3.8) is 0 Å². The first-order chi connectivity index (χ1) is 16.4. The molecule has 0 radical (unpaired) electrons. The summed E-state index contributed by atoms with van der Waals surface area (Å²) in [6, 6.07) is 20.8. The zero-order valence-electron chi connectivity index (χ0n) is 18.4. The largest absolute Gasteiger partial charge is 0.507 e. The number of aliphatic hydroxyl groups excluding tert-OH is 1. The van der Waals surface area contributed by atoms with E-state index in [2.05, 4.69) is 0 Å². The SMILES string of the molecule is COc1cccc(/C(O)=C2\C(=O)C(=O)N(CCc3ccccc3)C2c2ccc([N+](=O)[O-])cc2)c1. The van der Waals surface area contributed by atoms with E-state index in [0.29, 0.717) is 23.3 Å². The minimum Gasteiger partial charge on any atom is -0.507 e. The summed E-state index contributed by atoms with van der Waals surface area (Å²) in [5.41, 5.74) is 1.62. The van der Waals surface area contributed by atoms with Crippen molar-refractivity contribution in [1.29, 1.82) is 0 Å². The van der Waals surface area contributed by atoms with Crippen LogP contribution in [-0.4, -0.2) is 40.3 Å². The van der Waals surface area contributed by atoms with Crippen molar-refractivity contribution in [3.05, 3.63) is 111 Å². The number of nitro groups is 1. The first kappa shape index (κ1) is 22.7. The number of ketones is 1. The van der Waals surface area contributed by atoms with E-state index in [1.807, 2.05) is 30.3 Å². The summed E-state index contributed by atoms with van der Waals surface area (Å²) >= 11 is 0. The van der Waals surface area contributed by atoms with Crippen molar-refractivity contribution in [3.8, 4) is 5.75 Å². The minimum atomic E-state index is -0.893. The van der Waals surface area contributed by atoms with Gasteiger partial charge in [0, 0.05) is 24.2 Å². The Balaban J connectivity index is 1.80. The Morgan fingerprint density at radius 3 is 2.38 bits per heavy atom. The number of hydrogen-bond acceptors (Lipinski definition) is 6. The third-order valence-electron chi connectivity index (χ3n) is 5.79. The predicted molar refractivity (Wildman–Crippen MR) is 125 cm³/mol. The van der Waals surface area contributed by atoms with Gasteiger partial charge in [0.2, 0.25) is 0 Å². The van der Waals surface area contributed by atoms with E-state index in [1.165, 1.54) is 36.3 Å². The van der Waals surface area contributed by atoms with E-state index < -0.39 is 22.7 Å². The molecule has 0 spiro atoms. The molecular formula is C26H22N2O6. The van der Waals surface area contributed by atoms with Crippen LogP contribution in [0.4, 0.5) is 5.69 Å². The molecule has 1 aliphatic rings. The van der Waals surface area contributed by atoms with Crippen LogP contribution in [-0.2, 0) is 16.0 Å². The molecule has 1 unspecified atom stereocenters. The maximum absolute atomic E-state index is 13.1. The lowest BCUT2D eigenvalue weighted by Gasteiger charge is -2.25. The second kappa shape index (κ2) is 9.58. The van der Waals surface area contributed by atoms with Gasteiger partial charge in [0.25, 0.3) is 17.4 Å². The lowest BCUT2D eigenvalue weighted by molar-refractivity contribution is -0.384. The molecule has 8 nitrogen and oxygen atoms in total. The number of benzene rings is 3. The Labute approximate surface area is 195 Å². The lowest BCUT2D eigenvalue weighted by Crippen LogP contribution is -2.31. The number of likely N-dealkylation sites (tertiary alicyclic amines) is 1. The Morgan fingerprint density at radius 1 is 1.03 bits per heavy atom. The maximum atomic E-state index is 13.1. The number of nitrogens with zero attached hydrogens (tertiary/aromatic N) is 2. The van der Waals surface area contributed by atoms with Gasteiger partial charge in [-0.2, -0.15) is 0 Å². The van der Waals surface area contributed by atoms with Gasteiger partial charge in [-0.1, -0.05) is 42.5 Å². The van der Waals surface area contributed by atoms with Gasteiger partial charge in [-0.3, -0.25) is 19.7 Å². The maximum Gasteiger partial charge on any atom is 0.295 e. The van der Waals surface area contributed by atoms with Gasteiger partial charge in [0.1, 0.15) is 11.5 Å². The molecule has 3 aromatic rings. The molecule has 1 aliphatic heterocycles. The Bertz CT molecular complexity index is 1270. The molecular weight excluding hydrogens is 436 g/mol. The smallest absolute Gasteiger partial charge is 0.295 e. The van der Waals surface area contributed by atoms with E-state index in [1.54, 1.807) is 24.3 Å². The van der Waals surface area contributed by atoms with Crippen molar-refractivity contribution in [1.82, 2.24) is 4.90 Å². The molecule has 0 aliphatic carbocycles. The number of aliphatic hydroxyl groups is 1. The van der Waals surface area contributed by atoms with Crippen LogP contribution in [0, 0.1) is 10.1 Å². The van der Waals surface area contributed by atoms with Crippen LogP contribution in [0.25, 0.3) is 5.76 Å². The third-order valence-corrected chi connectivity index (χ3v) is 5.79. The van der Waals surface area contributed by atoms with Crippen LogP contribution >= 0.6 is 0 Å². The average molecular weight is 458 g/mol. The highest BCUT2D eigenvalue weighted by molar-refractivity contribution is 6.46. The predicted octanol–water partition coefficient (Wildman–Crippen LogP) is 4.27. The number of amides is 1. The second-order valence-electron chi connectivity index (χ2n) is 7.81. The molecule has 1 fully saturated rings. The van der Waals surface area contributed by atoms with Gasteiger partial charge < -0.3 is 14.7 Å². The van der Waals surface area contributed by atoms with Crippen LogP contribution < -0.4 is 4.74 Å². The Hall–Kier alpha value is -4.46. The summed E-state index contributed by atoms with van der Waals surface area (Å²) in [5.74, 6) is -1.39. The summed E-state index contributed by atoms with van der Waals surface area (Å²) in [6.07, 6.45) is 0.497. The molecule has 1 atom stereocenters. The highest BCUT2D eigenvalue weighted by Crippen LogP contribution is 2.40.